The van der Waals surface area contributed by atoms with Crippen LogP contribution in [0, 0.1) is 11.3 Å². The van der Waals surface area contributed by atoms with Gasteiger partial charge in [0.1, 0.15) is 0 Å². The van der Waals surface area contributed by atoms with Crippen molar-refractivity contribution in [3.63, 3.8) is 0 Å². The van der Waals surface area contributed by atoms with Crippen molar-refractivity contribution in [2.45, 2.75) is 31.7 Å². The lowest BCUT2D eigenvalue weighted by Crippen LogP contribution is -2.51. The number of hydrogen-bond donors (Lipinski definition) is 1. The molecule has 3 saturated heterocycles. The molecule has 0 bridgehead atoms. The number of fused-ring (bicyclic) bond motifs is 1. The van der Waals surface area contributed by atoms with Crippen LogP contribution in [0.5, 0.6) is 0 Å². The van der Waals surface area contributed by atoms with Crippen LogP contribution >= 0.6 is 15.9 Å². The number of halogens is 1. The molecule has 3 fully saturated rings. The molecule has 2 atom stereocenters. The number of amides is 1. The Morgan fingerprint density at radius 1 is 1.42 bits per heavy atom. The van der Waals surface area contributed by atoms with Gasteiger partial charge in [-0.2, -0.15) is 0 Å². The molecule has 3 heterocycles. The van der Waals surface area contributed by atoms with Crippen molar-refractivity contribution in [2.75, 3.05) is 38.2 Å². The van der Waals surface area contributed by atoms with E-state index in [1.54, 1.807) is 0 Å². The number of nitrogens with one attached hydrogen (secondary N) is 1. The summed E-state index contributed by atoms with van der Waals surface area (Å²) >= 11 is 3.71. The van der Waals surface area contributed by atoms with E-state index in [4.69, 9.17) is 4.74 Å². The molecule has 0 aromatic heterocycles. The first-order chi connectivity index (χ1) is 9.24. The summed E-state index contributed by atoms with van der Waals surface area (Å²) in [5.74, 6) is 0.510. The van der Waals surface area contributed by atoms with Crippen molar-refractivity contribution in [3.8, 4) is 0 Å². The summed E-state index contributed by atoms with van der Waals surface area (Å²) in [6, 6.07) is 0.431. The Kier molecular flexibility index (Phi) is 4.15. The van der Waals surface area contributed by atoms with E-state index in [1.807, 2.05) is 0 Å². The standard InChI is InChI=1S/C14H23BrN2O2/c15-9-14(3-6-19-7-4-14)10-17-5-1-2-11-12(17)8-16-13(11)18/h11-12H,1-10H2,(H,16,18). The Balaban J connectivity index is 1.69. The number of piperidine rings is 1. The minimum Gasteiger partial charge on any atom is -0.381 e. The zero-order valence-electron chi connectivity index (χ0n) is 11.4. The van der Waals surface area contributed by atoms with Crippen molar-refractivity contribution in [2.24, 2.45) is 11.3 Å². The average molecular weight is 331 g/mol. The zero-order chi connectivity index (χ0) is 13.3. The number of carbonyl (C=O) groups is 1. The minimum absolute atomic E-state index is 0.237. The van der Waals surface area contributed by atoms with Gasteiger partial charge in [0.25, 0.3) is 0 Å². The Morgan fingerprint density at radius 2 is 2.21 bits per heavy atom. The van der Waals surface area contributed by atoms with E-state index in [9.17, 15) is 4.79 Å². The molecule has 3 aliphatic heterocycles. The Morgan fingerprint density at radius 3 is 2.95 bits per heavy atom. The lowest BCUT2D eigenvalue weighted by Gasteiger charge is -2.44. The van der Waals surface area contributed by atoms with Crippen LogP contribution in [0.3, 0.4) is 0 Å². The van der Waals surface area contributed by atoms with Crippen molar-refractivity contribution in [1.82, 2.24) is 10.2 Å². The summed E-state index contributed by atoms with van der Waals surface area (Å²) in [5, 5.41) is 4.08. The summed E-state index contributed by atoms with van der Waals surface area (Å²) in [6.07, 6.45) is 4.49. The molecule has 108 valence electrons. The molecule has 2 unspecified atom stereocenters. The number of hydrogen-bond acceptors (Lipinski definition) is 3. The normalized spacial score (nSPS) is 34.9. The summed E-state index contributed by atoms with van der Waals surface area (Å²) in [5.41, 5.74) is 0.339. The fraction of sp³-hybridized carbons (Fsp3) is 0.929. The van der Waals surface area contributed by atoms with Crippen LogP contribution in [0.25, 0.3) is 0 Å². The van der Waals surface area contributed by atoms with Crippen LogP contribution in [-0.4, -0.2) is 55.0 Å². The third-order valence-electron chi connectivity index (χ3n) is 5.09. The van der Waals surface area contributed by atoms with Gasteiger partial charge in [-0.15, -0.1) is 0 Å². The second-order valence-electron chi connectivity index (χ2n) is 6.28. The smallest absolute Gasteiger partial charge is 0.224 e. The largest absolute Gasteiger partial charge is 0.381 e. The maximum atomic E-state index is 11.8. The van der Waals surface area contributed by atoms with E-state index in [1.165, 1.54) is 0 Å². The fourth-order valence-corrected chi connectivity index (χ4v) is 4.54. The lowest BCUT2D eigenvalue weighted by atomic mass is 9.80. The van der Waals surface area contributed by atoms with Gasteiger partial charge in [0.2, 0.25) is 5.91 Å². The van der Waals surface area contributed by atoms with E-state index in [-0.39, 0.29) is 11.8 Å². The third-order valence-corrected chi connectivity index (χ3v) is 6.28. The molecule has 1 N–H and O–H groups in total. The predicted octanol–water partition coefficient (Wildman–Crippen LogP) is 1.39. The third kappa shape index (κ3) is 2.69. The van der Waals surface area contributed by atoms with Gasteiger partial charge >= 0.3 is 0 Å². The Hall–Kier alpha value is -0.130. The van der Waals surface area contributed by atoms with Gasteiger partial charge in [0.15, 0.2) is 0 Å². The molecule has 19 heavy (non-hydrogen) atoms. The molecular weight excluding hydrogens is 308 g/mol. The van der Waals surface area contributed by atoms with Gasteiger partial charge in [0.05, 0.1) is 5.92 Å². The van der Waals surface area contributed by atoms with Crippen LogP contribution in [-0.2, 0) is 9.53 Å². The molecule has 0 aliphatic carbocycles. The predicted molar refractivity (Wildman–Crippen MR) is 77.4 cm³/mol. The quantitative estimate of drug-likeness (QED) is 0.795. The Bertz CT molecular complexity index is 344. The van der Waals surface area contributed by atoms with Crippen LogP contribution in [0.4, 0.5) is 0 Å². The second-order valence-corrected chi connectivity index (χ2v) is 6.84. The van der Waals surface area contributed by atoms with Crippen molar-refractivity contribution in [3.05, 3.63) is 0 Å². The summed E-state index contributed by atoms with van der Waals surface area (Å²) in [4.78, 5) is 14.4. The van der Waals surface area contributed by atoms with Gasteiger partial charge < -0.3 is 10.1 Å². The molecule has 0 radical (unpaired) electrons. The van der Waals surface area contributed by atoms with Crippen LogP contribution in [0.2, 0.25) is 0 Å². The van der Waals surface area contributed by atoms with Crippen molar-refractivity contribution >= 4 is 21.8 Å². The fourth-order valence-electron chi connectivity index (χ4n) is 3.81. The lowest BCUT2D eigenvalue weighted by molar-refractivity contribution is -0.124. The number of alkyl halides is 1. The molecule has 1 amide bonds. The number of carbonyl (C=O) groups excluding carboxylic acids is 1. The number of ether oxygens (including phenoxy) is 1. The van der Waals surface area contributed by atoms with Gasteiger partial charge in [-0.3, -0.25) is 9.69 Å². The first-order valence-electron chi connectivity index (χ1n) is 7.40. The highest BCUT2D eigenvalue weighted by atomic mass is 79.9. The van der Waals surface area contributed by atoms with E-state index in [0.717, 1.165) is 63.9 Å². The highest BCUT2D eigenvalue weighted by Gasteiger charge is 2.43. The molecule has 3 aliphatic rings. The summed E-state index contributed by atoms with van der Waals surface area (Å²) < 4.78 is 5.51. The number of nitrogens with zero attached hydrogens (tertiary/aromatic N) is 1. The van der Waals surface area contributed by atoms with Crippen LogP contribution in [0.15, 0.2) is 0 Å². The van der Waals surface area contributed by atoms with Gasteiger partial charge in [0, 0.05) is 37.7 Å². The highest BCUT2D eigenvalue weighted by molar-refractivity contribution is 9.09. The molecule has 0 aromatic rings. The Labute approximate surface area is 123 Å². The number of rotatable bonds is 3. The minimum atomic E-state index is 0.237. The average Bonchev–Trinajstić information content (AvgIpc) is 2.83. The van der Waals surface area contributed by atoms with E-state index >= 15 is 0 Å². The highest BCUT2D eigenvalue weighted by Crippen LogP contribution is 2.37. The zero-order valence-corrected chi connectivity index (χ0v) is 13.0. The second kappa shape index (κ2) is 5.70. The summed E-state index contributed by atoms with van der Waals surface area (Å²) in [6.45, 7) is 4.86. The first kappa shape index (κ1) is 13.8. The molecule has 0 aromatic carbocycles. The van der Waals surface area contributed by atoms with E-state index in [2.05, 4.69) is 26.1 Å². The maximum Gasteiger partial charge on any atom is 0.224 e. The van der Waals surface area contributed by atoms with Crippen LogP contribution in [0.1, 0.15) is 25.7 Å². The molecular formula is C14H23BrN2O2. The first-order valence-corrected chi connectivity index (χ1v) is 8.52. The maximum absolute atomic E-state index is 11.8. The van der Waals surface area contributed by atoms with Gasteiger partial charge in [-0.05, 0) is 37.6 Å². The SMILES string of the molecule is O=C1NCC2C1CCCN2CC1(CBr)CCOCC1. The molecule has 5 heteroatoms. The molecule has 0 spiro atoms. The van der Waals surface area contributed by atoms with Gasteiger partial charge in [-0.25, -0.2) is 0 Å². The summed E-state index contributed by atoms with van der Waals surface area (Å²) in [7, 11) is 0. The number of likely N-dealkylation sites (tertiary alicyclic amines) is 1. The monoisotopic (exact) mass is 330 g/mol. The molecule has 4 nitrogen and oxygen atoms in total. The molecule has 0 saturated carbocycles. The van der Waals surface area contributed by atoms with E-state index < -0.39 is 0 Å². The van der Waals surface area contributed by atoms with Crippen LogP contribution < -0.4 is 5.32 Å². The topological polar surface area (TPSA) is 41.6 Å². The van der Waals surface area contributed by atoms with E-state index in [0.29, 0.717) is 11.5 Å². The van der Waals surface area contributed by atoms with Crippen molar-refractivity contribution < 1.29 is 9.53 Å². The molecule has 3 rings (SSSR count). The van der Waals surface area contributed by atoms with Gasteiger partial charge in [-0.1, -0.05) is 15.9 Å². The van der Waals surface area contributed by atoms with Crippen molar-refractivity contribution in [1.29, 1.82) is 0 Å².